The molecule has 2 aromatic carbocycles. The summed E-state index contributed by atoms with van der Waals surface area (Å²) >= 11 is 0. The minimum Gasteiger partial charge on any atom is -0.399 e. The first-order valence-electron chi connectivity index (χ1n) is 8.93. The van der Waals surface area contributed by atoms with E-state index < -0.39 is 0 Å². The molecule has 0 saturated carbocycles. The van der Waals surface area contributed by atoms with Crippen LogP contribution in [0, 0.1) is 0 Å². The van der Waals surface area contributed by atoms with Crippen LogP contribution in [0.15, 0.2) is 67.3 Å². The summed E-state index contributed by atoms with van der Waals surface area (Å²) < 4.78 is 2.03. The molecule has 4 nitrogen and oxygen atoms in total. The number of imidazole rings is 1. The van der Waals surface area contributed by atoms with E-state index in [2.05, 4.69) is 52.3 Å². The van der Waals surface area contributed by atoms with Crippen molar-refractivity contribution in [3.8, 4) is 5.69 Å². The zero-order chi connectivity index (χ0) is 17.1. The fraction of sp³-hybridized carbons (Fsp3) is 0.286. The molecular weight excluding hydrogens is 308 g/mol. The number of hydrogen-bond acceptors (Lipinski definition) is 3. The van der Waals surface area contributed by atoms with E-state index in [9.17, 15) is 0 Å². The second-order valence-electron chi connectivity index (χ2n) is 6.86. The molecule has 25 heavy (non-hydrogen) atoms. The number of anilines is 1. The number of aromatic nitrogens is 2. The van der Waals surface area contributed by atoms with Crippen LogP contribution in [0.3, 0.4) is 0 Å². The molecule has 0 spiro atoms. The van der Waals surface area contributed by atoms with E-state index in [1.807, 2.05) is 23.2 Å². The third-order valence-corrected chi connectivity index (χ3v) is 5.11. The van der Waals surface area contributed by atoms with Crippen molar-refractivity contribution >= 4 is 5.69 Å². The summed E-state index contributed by atoms with van der Waals surface area (Å²) in [6.45, 7) is 3.30. The van der Waals surface area contributed by atoms with Gasteiger partial charge in [-0.1, -0.05) is 24.3 Å². The predicted octanol–water partition coefficient (Wildman–Crippen LogP) is 3.83. The van der Waals surface area contributed by atoms with Gasteiger partial charge in [-0.2, -0.15) is 0 Å². The highest BCUT2D eigenvalue weighted by Crippen LogP contribution is 2.29. The van der Waals surface area contributed by atoms with E-state index in [0.29, 0.717) is 5.92 Å². The molecule has 1 aliphatic heterocycles. The van der Waals surface area contributed by atoms with Gasteiger partial charge in [0.25, 0.3) is 0 Å². The molecule has 0 aliphatic carbocycles. The number of hydrogen-bond donors (Lipinski definition) is 1. The molecule has 0 amide bonds. The van der Waals surface area contributed by atoms with Crippen molar-refractivity contribution in [3.63, 3.8) is 0 Å². The first-order valence-corrected chi connectivity index (χ1v) is 8.93. The van der Waals surface area contributed by atoms with E-state index in [1.165, 1.54) is 24.0 Å². The summed E-state index contributed by atoms with van der Waals surface area (Å²) in [5.41, 5.74) is 10.7. The summed E-state index contributed by atoms with van der Waals surface area (Å²) in [6.07, 6.45) is 8.01. The molecule has 3 aromatic rings. The van der Waals surface area contributed by atoms with Crippen molar-refractivity contribution in [1.82, 2.24) is 14.5 Å². The molecule has 2 N–H and O–H groups in total. The SMILES string of the molecule is Nc1cccc(C2CCN(Cc3ccc(-n4ccnc4)cc3)CC2)c1. The second kappa shape index (κ2) is 7.11. The van der Waals surface area contributed by atoms with Gasteiger partial charge >= 0.3 is 0 Å². The van der Waals surface area contributed by atoms with Crippen LogP contribution in [-0.4, -0.2) is 27.5 Å². The normalized spacial score (nSPS) is 16.2. The van der Waals surface area contributed by atoms with Gasteiger partial charge in [-0.15, -0.1) is 0 Å². The molecule has 0 bridgehead atoms. The second-order valence-corrected chi connectivity index (χ2v) is 6.86. The Hall–Kier alpha value is -2.59. The number of nitrogen functional groups attached to an aromatic ring is 1. The Labute approximate surface area is 148 Å². The zero-order valence-electron chi connectivity index (χ0n) is 14.4. The van der Waals surface area contributed by atoms with Gasteiger partial charge in [0.1, 0.15) is 0 Å². The van der Waals surface area contributed by atoms with E-state index in [0.717, 1.165) is 31.0 Å². The number of nitrogens with two attached hydrogens (primary N) is 1. The number of benzene rings is 2. The maximum absolute atomic E-state index is 5.93. The summed E-state index contributed by atoms with van der Waals surface area (Å²) in [5, 5.41) is 0. The van der Waals surface area contributed by atoms with Crippen molar-refractivity contribution in [1.29, 1.82) is 0 Å². The maximum Gasteiger partial charge on any atom is 0.0991 e. The van der Waals surface area contributed by atoms with Crippen LogP contribution in [0.2, 0.25) is 0 Å². The summed E-state index contributed by atoms with van der Waals surface area (Å²) in [4.78, 5) is 6.65. The monoisotopic (exact) mass is 332 g/mol. The van der Waals surface area contributed by atoms with E-state index in [1.54, 1.807) is 6.20 Å². The van der Waals surface area contributed by atoms with Crippen molar-refractivity contribution in [2.75, 3.05) is 18.8 Å². The standard InChI is InChI=1S/C21H24N4/c22-20-3-1-2-19(14-20)18-8-11-24(12-9-18)15-17-4-6-21(7-5-17)25-13-10-23-16-25/h1-7,10,13-14,16,18H,8-9,11-12,15,22H2. The molecule has 1 aromatic heterocycles. The van der Waals surface area contributed by atoms with Crippen molar-refractivity contribution < 1.29 is 0 Å². The van der Waals surface area contributed by atoms with E-state index in [4.69, 9.17) is 5.73 Å². The van der Waals surface area contributed by atoms with Crippen molar-refractivity contribution in [2.45, 2.75) is 25.3 Å². The molecule has 1 fully saturated rings. The molecule has 1 aliphatic rings. The van der Waals surface area contributed by atoms with Gasteiger partial charge in [0.05, 0.1) is 6.33 Å². The number of nitrogens with zero attached hydrogens (tertiary/aromatic N) is 3. The molecule has 128 valence electrons. The topological polar surface area (TPSA) is 47.1 Å². The molecule has 1 saturated heterocycles. The molecule has 0 atom stereocenters. The van der Waals surface area contributed by atoms with Crippen LogP contribution in [0.5, 0.6) is 0 Å². The van der Waals surface area contributed by atoms with Crippen LogP contribution in [-0.2, 0) is 6.54 Å². The summed E-state index contributed by atoms with van der Waals surface area (Å²) in [7, 11) is 0. The summed E-state index contributed by atoms with van der Waals surface area (Å²) in [6, 6.07) is 17.2. The molecule has 4 heteroatoms. The van der Waals surface area contributed by atoms with Crippen LogP contribution in [0.25, 0.3) is 5.69 Å². The first-order chi connectivity index (χ1) is 12.3. The predicted molar refractivity (Wildman–Crippen MR) is 102 cm³/mol. The largest absolute Gasteiger partial charge is 0.399 e. The third kappa shape index (κ3) is 3.74. The first kappa shape index (κ1) is 15.9. The lowest BCUT2D eigenvalue weighted by Crippen LogP contribution is -2.32. The van der Waals surface area contributed by atoms with Gasteiger partial charge in [0.15, 0.2) is 0 Å². The number of piperidine rings is 1. The van der Waals surface area contributed by atoms with Crippen molar-refractivity contribution in [3.05, 3.63) is 78.4 Å². The molecule has 2 heterocycles. The van der Waals surface area contributed by atoms with Crippen LogP contribution in [0.4, 0.5) is 5.69 Å². The fourth-order valence-corrected chi connectivity index (χ4v) is 3.68. The van der Waals surface area contributed by atoms with Gasteiger partial charge < -0.3 is 10.3 Å². The minimum atomic E-state index is 0.642. The van der Waals surface area contributed by atoms with Gasteiger partial charge in [-0.25, -0.2) is 4.98 Å². The Kier molecular flexibility index (Phi) is 4.53. The van der Waals surface area contributed by atoms with Crippen LogP contribution >= 0.6 is 0 Å². The zero-order valence-corrected chi connectivity index (χ0v) is 14.4. The van der Waals surface area contributed by atoms with Gasteiger partial charge in [-0.3, -0.25) is 4.90 Å². The van der Waals surface area contributed by atoms with Crippen molar-refractivity contribution in [2.24, 2.45) is 0 Å². The summed E-state index contributed by atoms with van der Waals surface area (Å²) in [5.74, 6) is 0.642. The average Bonchev–Trinajstić information content (AvgIpc) is 3.18. The quantitative estimate of drug-likeness (QED) is 0.739. The average molecular weight is 332 g/mol. The molecule has 0 unspecified atom stereocenters. The Morgan fingerprint density at radius 1 is 1.04 bits per heavy atom. The smallest absolute Gasteiger partial charge is 0.0991 e. The lowest BCUT2D eigenvalue weighted by Gasteiger charge is -2.32. The lowest BCUT2D eigenvalue weighted by molar-refractivity contribution is 0.204. The number of rotatable bonds is 4. The molecule has 4 rings (SSSR count). The van der Waals surface area contributed by atoms with Gasteiger partial charge in [0, 0.05) is 30.3 Å². The van der Waals surface area contributed by atoms with Gasteiger partial charge in [-0.05, 0) is 67.2 Å². The molecule has 0 radical (unpaired) electrons. The highest BCUT2D eigenvalue weighted by atomic mass is 15.1. The van der Waals surface area contributed by atoms with Crippen LogP contribution in [0.1, 0.15) is 29.9 Å². The lowest BCUT2D eigenvalue weighted by atomic mass is 9.89. The number of likely N-dealkylation sites (tertiary alicyclic amines) is 1. The maximum atomic E-state index is 5.93. The third-order valence-electron chi connectivity index (χ3n) is 5.11. The van der Waals surface area contributed by atoms with E-state index in [-0.39, 0.29) is 0 Å². The molecular formula is C21H24N4. The van der Waals surface area contributed by atoms with E-state index >= 15 is 0 Å². The Balaban J connectivity index is 1.34. The van der Waals surface area contributed by atoms with Gasteiger partial charge in [0.2, 0.25) is 0 Å². The Morgan fingerprint density at radius 2 is 1.84 bits per heavy atom. The highest BCUT2D eigenvalue weighted by Gasteiger charge is 2.20. The highest BCUT2D eigenvalue weighted by molar-refractivity contribution is 5.42. The Morgan fingerprint density at radius 3 is 2.52 bits per heavy atom. The van der Waals surface area contributed by atoms with Crippen LogP contribution < -0.4 is 5.73 Å². The minimum absolute atomic E-state index is 0.642. The fourth-order valence-electron chi connectivity index (χ4n) is 3.68. The Bertz CT molecular complexity index is 800.